The molecular formula is C25H20N4O3. The summed E-state index contributed by atoms with van der Waals surface area (Å²) in [6.45, 7) is 4.01. The second-order valence-corrected chi connectivity index (χ2v) is 7.85. The van der Waals surface area contributed by atoms with Gasteiger partial charge in [-0.2, -0.15) is 10.1 Å². The van der Waals surface area contributed by atoms with Crippen molar-refractivity contribution < 1.29 is 9.90 Å². The van der Waals surface area contributed by atoms with Crippen LogP contribution in [-0.2, 0) is 0 Å². The van der Waals surface area contributed by atoms with E-state index in [4.69, 9.17) is 5.10 Å². The topological polar surface area (TPSA) is 97.1 Å². The molecule has 158 valence electrons. The number of hydrogen-bond acceptors (Lipinski definition) is 5. The molecule has 2 N–H and O–H groups in total. The Kier molecular flexibility index (Phi) is 4.59. The van der Waals surface area contributed by atoms with Crippen LogP contribution >= 0.6 is 0 Å². The van der Waals surface area contributed by atoms with Gasteiger partial charge in [-0.15, -0.1) is 0 Å². The van der Waals surface area contributed by atoms with Crippen molar-refractivity contribution in [3.63, 3.8) is 0 Å². The summed E-state index contributed by atoms with van der Waals surface area (Å²) in [4.78, 5) is 28.7. The SMILES string of the molecule is Cc1ccc(-c2nn3c(nc2=O)-c2ccccc2N[C@H]3c2ccc(C(=O)O)cc2)cc1C. The van der Waals surface area contributed by atoms with Gasteiger partial charge in [0.25, 0.3) is 5.56 Å². The fourth-order valence-electron chi connectivity index (χ4n) is 3.88. The van der Waals surface area contributed by atoms with Crippen molar-refractivity contribution in [2.45, 2.75) is 20.0 Å². The number of anilines is 1. The van der Waals surface area contributed by atoms with E-state index in [2.05, 4.69) is 10.3 Å². The summed E-state index contributed by atoms with van der Waals surface area (Å²) in [5.41, 5.74) is 5.39. The molecule has 7 heteroatoms. The smallest absolute Gasteiger partial charge is 0.335 e. The average Bonchev–Trinajstić information content (AvgIpc) is 2.80. The molecule has 0 aliphatic carbocycles. The van der Waals surface area contributed by atoms with Gasteiger partial charge >= 0.3 is 5.97 Å². The van der Waals surface area contributed by atoms with E-state index < -0.39 is 17.7 Å². The average molecular weight is 424 g/mol. The number of carbonyl (C=O) groups is 1. The molecule has 3 aromatic carbocycles. The zero-order valence-electron chi connectivity index (χ0n) is 17.5. The van der Waals surface area contributed by atoms with Crippen molar-refractivity contribution in [1.29, 1.82) is 0 Å². The Bertz CT molecular complexity index is 1420. The molecule has 1 aliphatic heterocycles. The van der Waals surface area contributed by atoms with Gasteiger partial charge in [0, 0.05) is 16.8 Å². The van der Waals surface area contributed by atoms with Gasteiger partial charge in [0.15, 0.2) is 11.5 Å². The van der Waals surface area contributed by atoms with Crippen LogP contribution in [0.3, 0.4) is 0 Å². The molecule has 2 heterocycles. The maximum absolute atomic E-state index is 13.0. The van der Waals surface area contributed by atoms with Crippen molar-refractivity contribution in [3.05, 3.63) is 99.3 Å². The zero-order valence-corrected chi connectivity index (χ0v) is 17.5. The third kappa shape index (κ3) is 3.24. The Morgan fingerprint density at radius 1 is 1.00 bits per heavy atom. The first-order valence-electron chi connectivity index (χ1n) is 10.2. The Balaban J connectivity index is 1.71. The lowest BCUT2D eigenvalue weighted by Gasteiger charge is -2.30. The number of carboxylic acid groups (broad SMARTS) is 1. The second kappa shape index (κ2) is 7.46. The van der Waals surface area contributed by atoms with Gasteiger partial charge in [-0.3, -0.25) is 4.79 Å². The molecule has 0 saturated carbocycles. The number of fused-ring (bicyclic) bond motifs is 3. The number of rotatable bonds is 3. The van der Waals surface area contributed by atoms with Gasteiger partial charge in [0.05, 0.1) is 5.56 Å². The minimum absolute atomic E-state index is 0.201. The van der Waals surface area contributed by atoms with Gasteiger partial charge in [-0.1, -0.05) is 36.4 Å². The Morgan fingerprint density at radius 3 is 2.47 bits per heavy atom. The predicted octanol–water partition coefficient (Wildman–Crippen LogP) is 4.26. The number of carboxylic acids is 1. The highest BCUT2D eigenvalue weighted by Gasteiger charge is 2.28. The molecule has 0 saturated heterocycles. The lowest BCUT2D eigenvalue weighted by molar-refractivity contribution is 0.0697. The van der Waals surface area contributed by atoms with Crippen molar-refractivity contribution in [2.75, 3.05) is 5.32 Å². The monoisotopic (exact) mass is 424 g/mol. The van der Waals surface area contributed by atoms with E-state index in [1.54, 1.807) is 28.9 Å². The largest absolute Gasteiger partial charge is 0.478 e. The van der Waals surface area contributed by atoms with Gasteiger partial charge in [-0.05, 0) is 60.9 Å². The van der Waals surface area contributed by atoms with Crippen LogP contribution in [0, 0.1) is 13.8 Å². The zero-order chi connectivity index (χ0) is 22.4. The molecule has 4 aromatic rings. The molecule has 1 atom stereocenters. The highest BCUT2D eigenvalue weighted by atomic mass is 16.4. The number of para-hydroxylation sites is 1. The molecule has 0 unspecified atom stereocenters. The van der Waals surface area contributed by atoms with E-state index in [9.17, 15) is 14.7 Å². The third-order valence-corrected chi connectivity index (χ3v) is 5.79. The molecule has 32 heavy (non-hydrogen) atoms. The fraction of sp³-hybridized carbons (Fsp3) is 0.120. The quantitative estimate of drug-likeness (QED) is 0.510. The molecule has 0 spiro atoms. The van der Waals surface area contributed by atoms with Crippen LogP contribution in [0.15, 0.2) is 71.5 Å². The summed E-state index contributed by atoms with van der Waals surface area (Å²) in [7, 11) is 0. The molecular weight excluding hydrogens is 404 g/mol. The summed E-state index contributed by atoms with van der Waals surface area (Å²) in [6, 6.07) is 20.0. The lowest BCUT2D eigenvalue weighted by Crippen LogP contribution is -2.32. The van der Waals surface area contributed by atoms with Crippen molar-refractivity contribution >= 4 is 11.7 Å². The van der Waals surface area contributed by atoms with Crippen molar-refractivity contribution in [2.24, 2.45) is 0 Å². The minimum Gasteiger partial charge on any atom is -0.478 e. The van der Waals surface area contributed by atoms with Gasteiger partial charge < -0.3 is 10.4 Å². The maximum atomic E-state index is 13.0. The summed E-state index contributed by atoms with van der Waals surface area (Å²) < 4.78 is 1.70. The molecule has 1 aliphatic rings. The summed E-state index contributed by atoms with van der Waals surface area (Å²) in [5, 5.41) is 17.4. The maximum Gasteiger partial charge on any atom is 0.335 e. The number of benzene rings is 3. The predicted molar refractivity (Wildman–Crippen MR) is 122 cm³/mol. The summed E-state index contributed by atoms with van der Waals surface area (Å²) >= 11 is 0. The molecule has 0 bridgehead atoms. The van der Waals surface area contributed by atoms with Gasteiger partial charge in [0.2, 0.25) is 0 Å². The van der Waals surface area contributed by atoms with Gasteiger partial charge in [0.1, 0.15) is 6.17 Å². The Labute approximate surface area is 184 Å². The highest BCUT2D eigenvalue weighted by molar-refractivity contribution is 5.87. The van der Waals surface area contributed by atoms with Crippen LogP contribution in [0.1, 0.15) is 33.2 Å². The summed E-state index contributed by atoms with van der Waals surface area (Å²) in [6.07, 6.45) is -0.457. The van der Waals surface area contributed by atoms with Crippen molar-refractivity contribution in [1.82, 2.24) is 14.8 Å². The van der Waals surface area contributed by atoms with Crippen LogP contribution < -0.4 is 10.9 Å². The van der Waals surface area contributed by atoms with Crippen LogP contribution in [-0.4, -0.2) is 25.8 Å². The normalized spacial score (nSPS) is 14.2. The minimum atomic E-state index is -0.987. The Hall–Kier alpha value is -4.26. The van der Waals surface area contributed by atoms with E-state index in [0.717, 1.165) is 27.9 Å². The van der Waals surface area contributed by atoms with Crippen LogP contribution in [0.25, 0.3) is 22.6 Å². The standard InChI is InChI=1S/C25H20N4O3/c1-14-7-8-18(13-15(14)2)21-24(30)27-23-19-5-3-4-6-20(19)26-22(29(23)28-21)16-9-11-17(12-10-16)25(31)32/h3-13,22,26H,1-2H3,(H,31,32)/t22-/m1/s1. The van der Waals surface area contributed by atoms with Crippen molar-refractivity contribution in [3.8, 4) is 22.6 Å². The molecule has 1 aromatic heterocycles. The van der Waals surface area contributed by atoms with E-state index in [1.165, 1.54) is 0 Å². The molecule has 0 radical (unpaired) electrons. The fourth-order valence-corrected chi connectivity index (χ4v) is 3.88. The second-order valence-electron chi connectivity index (χ2n) is 7.85. The number of nitrogens with zero attached hydrogens (tertiary/aromatic N) is 3. The first kappa shape index (κ1) is 19.7. The molecule has 0 amide bonds. The number of aryl methyl sites for hydroxylation is 2. The molecule has 7 nitrogen and oxygen atoms in total. The highest BCUT2D eigenvalue weighted by Crippen LogP contribution is 2.36. The summed E-state index contributed by atoms with van der Waals surface area (Å²) in [5.74, 6) is -0.524. The number of nitrogens with one attached hydrogen (secondary N) is 1. The van der Waals surface area contributed by atoms with Crippen LogP contribution in [0.5, 0.6) is 0 Å². The molecule has 5 rings (SSSR count). The van der Waals surface area contributed by atoms with E-state index in [0.29, 0.717) is 11.4 Å². The first-order chi connectivity index (χ1) is 15.4. The number of hydrogen-bond donors (Lipinski definition) is 2. The van der Waals surface area contributed by atoms with Crippen LogP contribution in [0.2, 0.25) is 0 Å². The third-order valence-electron chi connectivity index (χ3n) is 5.79. The number of aromatic nitrogens is 3. The van der Waals surface area contributed by atoms with Gasteiger partial charge in [-0.25, -0.2) is 9.48 Å². The number of aromatic carboxylic acids is 1. The first-order valence-corrected chi connectivity index (χ1v) is 10.2. The van der Waals surface area contributed by atoms with E-state index >= 15 is 0 Å². The van der Waals surface area contributed by atoms with E-state index in [-0.39, 0.29) is 11.3 Å². The van der Waals surface area contributed by atoms with E-state index in [1.807, 2.05) is 56.3 Å². The Morgan fingerprint density at radius 2 is 1.75 bits per heavy atom. The van der Waals surface area contributed by atoms with Crippen LogP contribution in [0.4, 0.5) is 5.69 Å². The lowest BCUT2D eigenvalue weighted by atomic mass is 10.0. The molecule has 0 fully saturated rings.